The quantitative estimate of drug-likeness (QED) is 0.213. The molecule has 1 fully saturated rings. The van der Waals surface area contributed by atoms with E-state index in [4.69, 9.17) is 33.7 Å². The van der Waals surface area contributed by atoms with Gasteiger partial charge in [-0.05, 0) is 36.4 Å². The summed E-state index contributed by atoms with van der Waals surface area (Å²) < 4.78 is 8.37. The van der Waals surface area contributed by atoms with Crippen LogP contribution in [-0.4, -0.2) is 32.0 Å². The minimum atomic E-state index is -0.116. The molecule has 3 aromatic carbocycles. The van der Waals surface area contributed by atoms with Gasteiger partial charge in [0.25, 0.3) is 5.91 Å². The van der Waals surface area contributed by atoms with Crippen LogP contribution in [0.3, 0.4) is 0 Å². The molecule has 0 aliphatic carbocycles. The highest BCUT2D eigenvalue weighted by Crippen LogP contribution is 2.35. The van der Waals surface area contributed by atoms with Crippen molar-refractivity contribution in [2.24, 2.45) is 0 Å². The summed E-state index contributed by atoms with van der Waals surface area (Å²) in [5, 5.41) is 5.53. The second-order valence-electron chi connectivity index (χ2n) is 7.86. The third-order valence-corrected chi connectivity index (χ3v) is 7.35. The van der Waals surface area contributed by atoms with Gasteiger partial charge in [0, 0.05) is 35.0 Å². The number of aromatic nitrogens is 2. The minimum Gasteiger partial charge on any atom is -0.489 e. The van der Waals surface area contributed by atoms with Crippen molar-refractivity contribution in [2.45, 2.75) is 6.61 Å². The van der Waals surface area contributed by atoms with Gasteiger partial charge in [0.05, 0.1) is 10.6 Å². The molecule has 0 saturated carbocycles. The molecule has 1 amide bonds. The van der Waals surface area contributed by atoms with Crippen LogP contribution in [0.25, 0.3) is 23.0 Å². The van der Waals surface area contributed by atoms with E-state index in [-0.39, 0.29) is 5.91 Å². The zero-order chi connectivity index (χ0) is 24.4. The van der Waals surface area contributed by atoms with Gasteiger partial charge in [-0.1, -0.05) is 84.1 Å². The topological polar surface area (TPSA) is 47.4 Å². The number of thioether (sulfide) groups is 1. The molecule has 1 saturated heterocycles. The summed E-state index contributed by atoms with van der Waals surface area (Å²) in [4.78, 5) is 14.7. The molecule has 1 aromatic heterocycles. The van der Waals surface area contributed by atoms with E-state index >= 15 is 0 Å². The average Bonchev–Trinajstić information content (AvgIpc) is 3.41. The Bertz CT molecular complexity index is 1450. The van der Waals surface area contributed by atoms with E-state index in [0.29, 0.717) is 26.6 Å². The van der Waals surface area contributed by atoms with Crippen molar-refractivity contribution in [2.75, 3.05) is 7.05 Å². The first kappa shape index (κ1) is 23.4. The van der Waals surface area contributed by atoms with Crippen molar-refractivity contribution >= 4 is 51.9 Å². The molecule has 8 heteroatoms. The molecule has 5 rings (SSSR count). The molecule has 0 radical (unpaired) electrons. The third-order valence-electron chi connectivity index (χ3n) is 5.50. The Labute approximate surface area is 218 Å². The number of ether oxygens (including phenoxy) is 1. The van der Waals surface area contributed by atoms with Crippen LogP contribution in [0.2, 0.25) is 5.02 Å². The maximum Gasteiger partial charge on any atom is 0.265 e. The molecule has 0 spiro atoms. The SMILES string of the molecule is CN1C(=O)/C(=C/c2cn(-c3ccccc3)nc2-c2cccc(OCc3ccccc3Cl)c2)SC1=S. The van der Waals surface area contributed by atoms with Crippen LogP contribution in [0.4, 0.5) is 0 Å². The van der Waals surface area contributed by atoms with Gasteiger partial charge < -0.3 is 4.74 Å². The van der Waals surface area contributed by atoms with E-state index in [1.54, 1.807) is 7.05 Å². The van der Waals surface area contributed by atoms with Crippen molar-refractivity contribution in [3.8, 4) is 22.7 Å². The van der Waals surface area contributed by atoms with Crippen molar-refractivity contribution < 1.29 is 9.53 Å². The second kappa shape index (κ2) is 10.1. The third kappa shape index (κ3) is 5.03. The number of rotatable bonds is 6. The first-order chi connectivity index (χ1) is 17.0. The number of carbonyl (C=O) groups is 1. The lowest BCUT2D eigenvalue weighted by atomic mass is 10.1. The Morgan fingerprint density at radius 1 is 1.06 bits per heavy atom. The predicted molar refractivity (Wildman–Crippen MR) is 146 cm³/mol. The molecule has 35 heavy (non-hydrogen) atoms. The molecule has 0 N–H and O–H groups in total. The standard InChI is InChI=1S/C27H20ClN3O2S2/c1-30-26(32)24(35-27(30)34)15-20-16-31(21-10-3-2-4-11-21)29-25(20)18-9-7-12-22(14-18)33-17-19-8-5-6-13-23(19)28/h2-16H,17H2,1H3/b24-15-. The molecule has 5 nitrogen and oxygen atoms in total. The summed E-state index contributed by atoms with van der Waals surface area (Å²) in [7, 11) is 1.69. The van der Waals surface area contributed by atoms with Gasteiger partial charge in [0.1, 0.15) is 22.4 Å². The zero-order valence-corrected chi connectivity index (χ0v) is 21.1. The molecule has 0 bridgehead atoms. The van der Waals surface area contributed by atoms with Crippen LogP contribution in [0.1, 0.15) is 11.1 Å². The van der Waals surface area contributed by atoms with Crippen LogP contribution in [0, 0.1) is 0 Å². The summed E-state index contributed by atoms with van der Waals surface area (Å²) in [5.74, 6) is 0.581. The van der Waals surface area contributed by atoms with Gasteiger partial charge in [-0.2, -0.15) is 5.10 Å². The summed E-state index contributed by atoms with van der Waals surface area (Å²) in [5.41, 5.74) is 4.25. The molecule has 1 aliphatic heterocycles. The van der Waals surface area contributed by atoms with Gasteiger partial charge in [0.2, 0.25) is 0 Å². The molecular weight excluding hydrogens is 498 g/mol. The molecular formula is C27H20ClN3O2S2. The highest BCUT2D eigenvalue weighted by molar-refractivity contribution is 8.26. The monoisotopic (exact) mass is 517 g/mol. The number of para-hydroxylation sites is 1. The van der Waals surface area contributed by atoms with Crippen LogP contribution >= 0.6 is 35.6 Å². The van der Waals surface area contributed by atoms with E-state index in [0.717, 1.165) is 28.1 Å². The normalized spacial score (nSPS) is 14.7. The number of nitrogens with zero attached hydrogens (tertiary/aromatic N) is 3. The molecule has 0 atom stereocenters. The highest BCUT2D eigenvalue weighted by atomic mass is 35.5. The number of carbonyl (C=O) groups excluding carboxylic acids is 1. The predicted octanol–water partition coefficient (Wildman–Crippen LogP) is 6.60. The number of benzene rings is 3. The molecule has 174 valence electrons. The van der Waals surface area contributed by atoms with Crippen LogP contribution in [0.5, 0.6) is 5.75 Å². The second-order valence-corrected chi connectivity index (χ2v) is 9.94. The Hall–Kier alpha value is -3.39. The van der Waals surface area contributed by atoms with E-state index in [9.17, 15) is 4.79 Å². The fraction of sp³-hybridized carbons (Fsp3) is 0.0741. The van der Waals surface area contributed by atoms with Crippen LogP contribution in [0.15, 0.2) is 90.0 Å². The molecule has 4 aromatic rings. The summed E-state index contributed by atoms with van der Waals surface area (Å²) >= 11 is 12.9. The Balaban J connectivity index is 1.52. The Kier molecular flexibility index (Phi) is 6.72. The van der Waals surface area contributed by atoms with Gasteiger partial charge in [-0.25, -0.2) is 4.68 Å². The van der Waals surface area contributed by atoms with Crippen molar-refractivity contribution in [1.82, 2.24) is 14.7 Å². The maximum absolute atomic E-state index is 12.6. The van der Waals surface area contributed by atoms with Crippen LogP contribution in [-0.2, 0) is 11.4 Å². The first-order valence-corrected chi connectivity index (χ1v) is 12.4. The van der Waals surface area contributed by atoms with E-state index in [1.807, 2.05) is 95.8 Å². The zero-order valence-electron chi connectivity index (χ0n) is 18.7. The Morgan fingerprint density at radius 3 is 2.57 bits per heavy atom. The summed E-state index contributed by atoms with van der Waals surface area (Å²) in [6, 6.07) is 25.2. The van der Waals surface area contributed by atoms with Gasteiger partial charge in [-0.15, -0.1) is 0 Å². The van der Waals surface area contributed by atoms with E-state index in [2.05, 4.69) is 0 Å². The number of hydrogen-bond acceptors (Lipinski definition) is 5. The fourth-order valence-electron chi connectivity index (χ4n) is 3.63. The van der Waals surface area contributed by atoms with Gasteiger partial charge in [-0.3, -0.25) is 9.69 Å². The smallest absolute Gasteiger partial charge is 0.265 e. The van der Waals surface area contributed by atoms with Crippen molar-refractivity contribution in [3.63, 3.8) is 0 Å². The summed E-state index contributed by atoms with van der Waals surface area (Å²) in [6.07, 6.45) is 3.77. The lowest BCUT2D eigenvalue weighted by molar-refractivity contribution is -0.121. The first-order valence-electron chi connectivity index (χ1n) is 10.8. The number of likely N-dealkylation sites (N-methyl/N-ethyl adjacent to an activating group) is 1. The minimum absolute atomic E-state index is 0.116. The van der Waals surface area contributed by atoms with Gasteiger partial charge in [0.15, 0.2) is 0 Å². The number of amides is 1. The number of halogens is 1. The molecule has 2 heterocycles. The fourth-order valence-corrected chi connectivity index (χ4v) is 4.99. The number of thiocarbonyl (C=S) groups is 1. The average molecular weight is 518 g/mol. The van der Waals surface area contributed by atoms with Crippen molar-refractivity contribution in [3.05, 3.63) is 106 Å². The Morgan fingerprint density at radius 2 is 1.83 bits per heavy atom. The highest BCUT2D eigenvalue weighted by Gasteiger charge is 2.29. The lowest BCUT2D eigenvalue weighted by Crippen LogP contribution is -2.22. The summed E-state index contributed by atoms with van der Waals surface area (Å²) in [6.45, 7) is 0.355. The van der Waals surface area contributed by atoms with E-state index < -0.39 is 0 Å². The lowest BCUT2D eigenvalue weighted by Gasteiger charge is -2.09. The van der Waals surface area contributed by atoms with Crippen LogP contribution < -0.4 is 4.74 Å². The number of hydrogen-bond donors (Lipinski definition) is 0. The van der Waals surface area contributed by atoms with Gasteiger partial charge >= 0.3 is 0 Å². The van der Waals surface area contributed by atoms with Crippen molar-refractivity contribution in [1.29, 1.82) is 0 Å². The van der Waals surface area contributed by atoms with E-state index in [1.165, 1.54) is 16.7 Å². The molecule has 0 unspecified atom stereocenters. The largest absolute Gasteiger partial charge is 0.489 e. The maximum atomic E-state index is 12.6. The molecule has 1 aliphatic rings.